The summed E-state index contributed by atoms with van der Waals surface area (Å²) in [4.78, 5) is 26.9. The topological polar surface area (TPSA) is 49.4 Å². The average Bonchev–Trinajstić information content (AvgIpc) is 2.81. The maximum absolute atomic E-state index is 13.1. The molecule has 4 rings (SSSR count). The molecule has 2 aromatic carbocycles. The molecule has 1 saturated heterocycles. The van der Waals surface area contributed by atoms with E-state index in [0.717, 1.165) is 29.5 Å². The maximum atomic E-state index is 13.1. The molecule has 2 aliphatic rings. The van der Waals surface area contributed by atoms with E-state index in [1.165, 1.54) is 4.90 Å². The zero-order valence-electron chi connectivity index (χ0n) is 12.8. The Kier molecular flexibility index (Phi) is 3.18. The van der Waals surface area contributed by atoms with Crippen LogP contribution in [0, 0.1) is 0 Å². The number of aryl methyl sites for hydroxylation is 1. The lowest BCUT2D eigenvalue weighted by Gasteiger charge is -2.33. The Balaban J connectivity index is 1.71. The van der Waals surface area contributed by atoms with E-state index in [-0.39, 0.29) is 11.9 Å². The van der Waals surface area contributed by atoms with E-state index in [0.29, 0.717) is 13.0 Å². The van der Waals surface area contributed by atoms with Crippen LogP contribution in [0.5, 0.6) is 0 Å². The monoisotopic (exact) mass is 306 g/mol. The molecule has 4 nitrogen and oxygen atoms in total. The smallest absolute Gasteiger partial charge is 0.319 e. The first kappa shape index (κ1) is 14.0. The van der Waals surface area contributed by atoms with Crippen LogP contribution in [-0.4, -0.2) is 16.8 Å². The molecule has 3 amide bonds. The standard InChI is InChI=1S/C19H18N2O2/c22-17-19(12-6-10-15-9-4-5-11-16(15)19)20-18(23)21(17)13-14-7-2-1-3-8-14/h1-5,7-9,11H,6,10,12-13H2,(H,20,23)/t19-/m0/s1. The number of hydrogen-bond acceptors (Lipinski definition) is 2. The van der Waals surface area contributed by atoms with Gasteiger partial charge in [0.2, 0.25) is 0 Å². The van der Waals surface area contributed by atoms with Crippen LogP contribution >= 0.6 is 0 Å². The lowest BCUT2D eigenvalue weighted by Crippen LogP contribution is -2.46. The van der Waals surface area contributed by atoms with Crippen molar-refractivity contribution in [2.24, 2.45) is 0 Å². The second-order valence-electron chi connectivity index (χ2n) is 6.22. The fraction of sp³-hybridized carbons (Fsp3) is 0.263. The summed E-state index contributed by atoms with van der Waals surface area (Å²) in [6.07, 6.45) is 2.53. The number of carbonyl (C=O) groups excluding carboxylic acids is 2. The van der Waals surface area contributed by atoms with Crippen LogP contribution in [0.4, 0.5) is 4.79 Å². The average molecular weight is 306 g/mol. The van der Waals surface area contributed by atoms with E-state index in [4.69, 9.17) is 0 Å². The van der Waals surface area contributed by atoms with Gasteiger partial charge in [0.05, 0.1) is 6.54 Å². The number of benzene rings is 2. The Hall–Kier alpha value is -2.62. The van der Waals surface area contributed by atoms with Gasteiger partial charge < -0.3 is 5.32 Å². The van der Waals surface area contributed by atoms with Gasteiger partial charge in [-0.05, 0) is 36.0 Å². The van der Waals surface area contributed by atoms with Crippen LogP contribution in [0.15, 0.2) is 54.6 Å². The molecule has 23 heavy (non-hydrogen) atoms. The molecule has 1 atom stereocenters. The highest BCUT2D eigenvalue weighted by Crippen LogP contribution is 2.40. The Labute approximate surface area is 135 Å². The van der Waals surface area contributed by atoms with Crippen molar-refractivity contribution in [3.8, 4) is 0 Å². The molecule has 0 bridgehead atoms. The number of rotatable bonds is 2. The molecule has 1 aliphatic carbocycles. The summed E-state index contributed by atoms with van der Waals surface area (Å²) in [5.41, 5.74) is 2.20. The third kappa shape index (κ3) is 2.13. The minimum atomic E-state index is -0.874. The first-order valence-corrected chi connectivity index (χ1v) is 7.97. The third-order valence-corrected chi connectivity index (χ3v) is 4.83. The molecule has 0 saturated carbocycles. The Morgan fingerprint density at radius 1 is 1.00 bits per heavy atom. The summed E-state index contributed by atoms with van der Waals surface area (Å²) in [5.74, 6) is -0.126. The number of imide groups is 1. The van der Waals surface area contributed by atoms with Crippen molar-refractivity contribution < 1.29 is 9.59 Å². The quantitative estimate of drug-likeness (QED) is 0.867. The van der Waals surface area contributed by atoms with Gasteiger partial charge in [-0.15, -0.1) is 0 Å². The zero-order chi connectivity index (χ0) is 15.9. The summed E-state index contributed by atoms with van der Waals surface area (Å²) >= 11 is 0. The molecule has 1 heterocycles. The van der Waals surface area contributed by atoms with Gasteiger partial charge in [-0.3, -0.25) is 9.69 Å². The summed E-state index contributed by atoms with van der Waals surface area (Å²) in [7, 11) is 0. The molecule has 1 spiro atoms. The van der Waals surface area contributed by atoms with E-state index >= 15 is 0 Å². The van der Waals surface area contributed by atoms with Gasteiger partial charge in [0.25, 0.3) is 5.91 Å². The lowest BCUT2D eigenvalue weighted by atomic mass is 9.76. The van der Waals surface area contributed by atoms with E-state index in [9.17, 15) is 9.59 Å². The number of carbonyl (C=O) groups is 2. The van der Waals surface area contributed by atoms with E-state index in [1.807, 2.05) is 48.5 Å². The molecular formula is C19H18N2O2. The molecule has 0 radical (unpaired) electrons. The van der Waals surface area contributed by atoms with Crippen molar-refractivity contribution in [2.45, 2.75) is 31.3 Å². The van der Waals surface area contributed by atoms with Gasteiger partial charge in [-0.1, -0.05) is 54.6 Å². The third-order valence-electron chi connectivity index (χ3n) is 4.83. The van der Waals surface area contributed by atoms with Gasteiger partial charge in [-0.2, -0.15) is 0 Å². The second kappa shape index (κ2) is 5.23. The van der Waals surface area contributed by atoms with Crippen LogP contribution in [-0.2, 0) is 23.3 Å². The van der Waals surface area contributed by atoms with Crippen LogP contribution < -0.4 is 5.32 Å². The molecular weight excluding hydrogens is 288 g/mol. The van der Waals surface area contributed by atoms with E-state index < -0.39 is 5.54 Å². The largest absolute Gasteiger partial charge is 0.325 e. The minimum absolute atomic E-state index is 0.126. The summed E-state index contributed by atoms with van der Waals surface area (Å²) in [6, 6.07) is 17.3. The predicted octanol–water partition coefficient (Wildman–Crippen LogP) is 2.97. The van der Waals surface area contributed by atoms with Crippen LogP contribution in [0.1, 0.15) is 29.5 Å². The lowest BCUT2D eigenvalue weighted by molar-refractivity contribution is -0.132. The van der Waals surface area contributed by atoms with Crippen LogP contribution in [0.25, 0.3) is 0 Å². The van der Waals surface area contributed by atoms with Crippen molar-refractivity contribution in [3.05, 3.63) is 71.3 Å². The second-order valence-corrected chi connectivity index (χ2v) is 6.22. The Morgan fingerprint density at radius 2 is 1.74 bits per heavy atom. The summed E-state index contributed by atoms with van der Waals surface area (Å²) < 4.78 is 0. The number of hydrogen-bond donors (Lipinski definition) is 1. The Morgan fingerprint density at radius 3 is 2.57 bits per heavy atom. The van der Waals surface area contributed by atoms with Gasteiger partial charge >= 0.3 is 6.03 Å². The van der Waals surface area contributed by atoms with Gasteiger partial charge in [0.1, 0.15) is 5.54 Å². The number of amides is 3. The molecule has 116 valence electrons. The van der Waals surface area contributed by atoms with Gasteiger partial charge in [0, 0.05) is 0 Å². The SMILES string of the molecule is O=C1N[C@]2(CCCc3ccccc32)C(=O)N1Cc1ccccc1. The van der Waals surface area contributed by atoms with Gasteiger partial charge in [0.15, 0.2) is 0 Å². The first-order valence-electron chi connectivity index (χ1n) is 7.97. The number of nitrogens with zero attached hydrogens (tertiary/aromatic N) is 1. The van der Waals surface area contributed by atoms with Crippen molar-refractivity contribution in [1.82, 2.24) is 10.2 Å². The highest BCUT2D eigenvalue weighted by Gasteiger charge is 2.53. The van der Waals surface area contributed by atoms with E-state index in [2.05, 4.69) is 11.4 Å². The highest BCUT2D eigenvalue weighted by molar-refractivity contribution is 6.07. The summed E-state index contributed by atoms with van der Waals surface area (Å²) in [5, 5.41) is 2.98. The van der Waals surface area contributed by atoms with Crippen molar-refractivity contribution in [1.29, 1.82) is 0 Å². The zero-order valence-corrected chi connectivity index (χ0v) is 12.8. The van der Waals surface area contributed by atoms with Crippen LogP contribution in [0.2, 0.25) is 0 Å². The minimum Gasteiger partial charge on any atom is -0.319 e. The Bertz CT molecular complexity index is 772. The fourth-order valence-electron chi connectivity index (χ4n) is 3.72. The molecule has 0 aromatic heterocycles. The normalized spacial score (nSPS) is 23.0. The number of fused-ring (bicyclic) bond motifs is 2. The molecule has 0 unspecified atom stereocenters. The molecule has 1 fully saturated rings. The molecule has 4 heteroatoms. The summed E-state index contributed by atoms with van der Waals surface area (Å²) in [6.45, 7) is 0.315. The molecule has 1 N–H and O–H groups in total. The fourth-order valence-corrected chi connectivity index (χ4v) is 3.72. The van der Waals surface area contributed by atoms with E-state index in [1.54, 1.807) is 0 Å². The van der Waals surface area contributed by atoms with Crippen LogP contribution in [0.3, 0.4) is 0 Å². The molecule has 2 aromatic rings. The highest BCUT2D eigenvalue weighted by atomic mass is 16.2. The first-order chi connectivity index (χ1) is 11.2. The van der Waals surface area contributed by atoms with Crippen molar-refractivity contribution >= 4 is 11.9 Å². The predicted molar refractivity (Wildman–Crippen MR) is 86.6 cm³/mol. The molecule has 1 aliphatic heterocycles. The maximum Gasteiger partial charge on any atom is 0.325 e. The van der Waals surface area contributed by atoms with Crippen molar-refractivity contribution in [2.75, 3.05) is 0 Å². The van der Waals surface area contributed by atoms with Gasteiger partial charge in [-0.25, -0.2) is 4.79 Å². The number of urea groups is 1. The number of nitrogens with one attached hydrogen (secondary N) is 1. The van der Waals surface area contributed by atoms with Crippen molar-refractivity contribution in [3.63, 3.8) is 0 Å².